The summed E-state index contributed by atoms with van der Waals surface area (Å²) in [5, 5.41) is 2.75. The van der Waals surface area contributed by atoms with Crippen molar-refractivity contribution in [2.75, 3.05) is 11.9 Å². The summed E-state index contributed by atoms with van der Waals surface area (Å²) in [6.45, 7) is 3.87. The maximum Gasteiger partial charge on any atom is 0.259 e. The molecule has 4 nitrogen and oxygen atoms in total. The third kappa shape index (κ3) is 3.35. The fraction of sp³-hybridized carbons (Fsp3) is 0.250. The lowest BCUT2D eigenvalue weighted by atomic mass is 10.1. The van der Waals surface area contributed by atoms with Crippen molar-refractivity contribution in [3.05, 3.63) is 53.3 Å². The minimum atomic E-state index is -0.414. The van der Waals surface area contributed by atoms with E-state index in [0.29, 0.717) is 18.1 Å². The molecule has 1 amide bonds. The van der Waals surface area contributed by atoms with Crippen molar-refractivity contribution in [1.29, 1.82) is 0 Å². The topological polar surface area (TPSA) is 55.4 Å². The van der Waals surface area contributed by atoms with Gasteiger partial charge in [0.15, 0.2) is 5.78 Å². The highest BCUT2D eigenvalue weighted by Crippen LogP contribution is 2.17. The van der Waals surface area contributed by atoms with E-state index >= 15 is 0 Å². The highest BCUT2D eigenvalue weighted by molar-refractivity contribution is 6.23. The van der Waals surface area contributed by atoms with Crippen LogP contribution >= 0.6 is 0 Å². The molecular formula is C16H17NO3. The first-order chi connectivity index (χ1) is 9.58. The van der Waals surface area contributed by atoms with Crippen LogP contribution in [0.1, 0.15) is 18.9 Å². The molecule has 0 unspecified atom stereocenters. The number of aryl methyl sites for hydroxylation is 1. The van der Waals surface area contributed by atoms with Gasteiger partial charge >= 0.3 is 0 Å². The monoisotopic (exact) mass is 271 g/mol. The van der Waals surface area contributed by atoms with Crippen LogP contribution < -0.4 is 5.32 Å². The number of ether oxygens (including phenoxy) is 1. The summed E-state index contributed by atoms with van der Waals surface area (Å²) >= 11 is 0. The number of hydrogen-bond acceptors (Lipinski definition) is 3. The molecule has 0 saturated carbocycles. The Balaban J connectivity index is 2.20. The number of ketones is 1. The van der Waals surface area contributed by atoms with E-state index in [1.54, 1.807) is 6.07 Å². The van der Waals surface area contributed by atoms with Gasteiger partial charge in [0.05, 0.1) is 12.2 Å². The summed E-state index contributed by atoms with van der Waals surface area (Å²) in [6, 6.07) is 7.43. The van der Waals surface area contributed by atoms with Gasteiger partial charge in [-0.2, -0.15) is 0 Å². The molecule has 1 aliphatic rings. The van der Waals surface area contributed by atoms with Crippen molar-refractivity contribution < 1.29 is 14.3 Å². The Morgan fingerprint density at radius 3 is 2.65 bits per heavy atom. The summed E-state index contributed by atoms with van der Waals surface area (Å²) < 4.78 is 5.31. The summed E-state index contributed by atoms with van der Waals surface area (Å²) in [7, 11) is 0. The van der Waals surface area contributed by atoms with E-state index in [4.69, 9.17) is 4.74 Å². The van der Waals surface area contributed by atoms with E-state index in [-0.39, 0.29) is 11.4 Å². The number of benzene rings is 1. The van der Waals surface area contributed by atoms with Crippen molar-refractivity contribution in [3.8, 4) is 0 Å². The normalized spacial score (nSPS) is 14.5. The Labute approximate surface area is 118 Å². The third-order valence-electron chi connectivity index (χ3n) is 3.04. The van der Waals surface area contributed by atoms with E-state index in [9.17, 15) is 9.59 Å². The molecule has 0 bridgehead atoms. The van der Waals surface area contributed by atoms with Gasteiger partial charge in [-0.25, -0.2) is 0 Å². The summed E-state index contributed by atoms with van der Waals surface area (Å²) in [5.41, 5.74) is 1.74. The maximum absolute atomic E-state index is 12.2. The minimum absolute atomic E-state index is 0.0985. The Hall–Kier alpha value is -2.36. The number of carbonyl (C=O) groups is 2. The molecule has 0 fully saturated rings. The molecule has 0 saturated heterocycles. The lowest BCUT2D eigenvalue weighted by Crippen LogP contribution is -2.19. The average Bonchev–Trinajstić information content (AvgIpc) is 2.91. The molecule has 0 spiro atoms. The van der Waals surface area contributed by atoms with Gasteiger partial charge in [0.2, 0.25) is 0 Å². The SMILES string of the molecule is CC(=O)/C(=C\C1=CCCO1)C(=O)Nc1ccccc1C. The van der Waals surface area contributed by atoms with Crippen LogP contribution in [0, 0.1) is 6.92 Å². The van der Waals surface area contributed by atoms with Crippen LogP contribution in [0.4, 0.5) is 5.69 Å². The fourth-order valence-corrected chi connectivity index (χ4v) is 1.91. The zero-order valence-electron chi connectivity index (χ0n) is 11.6. The minimum Gasteiger partial charge on any atom is -0.494 e. The Morgan fingerprint density at radius 2 is 2.05 bits per heavy atom. The molecular weight excluding hydrogens is 254 g/mol. The summed E-state index contributed by atoms with van der Waals surface area (Å²) in [4.78, 5) is 23.8. The lowest BCUT2D eigenvalue weighted by Gasteiger charge is -2.09. The van der Waals surface area contributed by atoms with Gasteiger partial charge in [0.1, 0.15) is 5.76 Å². The van der Waals surface area contributed by atoms with Gasteiger partial charge in [0.25, 0.3) is 5.91 Å². The van der Waals surface area contributed by atoms with Crippen LogP contribution in [0.25, 0.3) is 0 Å². The van der Waals surface area contributed by atoms with Crippen molar-refractivity contribution in [2.24, 2.45) is 0 Å². The number of carbonyl (C=O) groups excluding carboxylic acids is 2. The highest BCUT2D eigenvalue weighted by Gasteiger charge is 2.17. The average molecular weight is 271 g/mol. The first-order valence-electron chi connectivity index (χ1n) is 6.50. The predicted octanol–water partition coefficient (Wildman–Crippen LogP) is 2.75. The summed E-state index contributed by atoms with van der Waals surface area (Å²) in [5.74, 6) is -0.120. The molecule has 0 atom stereocenters. The fourth-order valence-electron chi connectivity index (χ4n) is 1.91. The molecule has 0 radical (unpaired) electrons. The molecule has 2 rings (SSSR count). The predicted molar refractivity (Wildman–Crippen MR) is 77.2 cm³/mol. The number of allylic oxidation sites excluding steroid dienone is 1. The van der Waals surface area contributed by atoms with E-state index in [1.807, 2.05) is 31.2 Å². The number of nitrogens with one attached hydrogen (secondary N) is 1. The molecule has 1 aliphatic heterocycles. The van der Waals surface area contributed by atoms with Gasteiger partial charge in [-0.15, -0.1) is 0 Å². The number of anilines is 1. The smallest absolute Gasteiger partial charge is 0.259 e. The number of Topliss-reactive ketones (excluding diaryl/α,β-unsaturated/α-hetero) is 1. The molecule has 20 heavy (non-hydrogen) atoms. The second-order valence-corrected chi connectivity index (χ2v) is 4.63. The van der Waals surface area contributed by atoms with Gasteiger partial charge in [0, 0.05) is 12.1 Å². The Kier molecular flexibility index (Phi) is 4.35. The van der Waals surface area contributed by atoms with Gasteiger partial charge < -0.3 is 10.1 Å². The van der Waals surface area contributed by atoms with Gasteiger partial charge in [-0.3, -0.25) is 9.59 Å². The first-order valence-corrected chi connectivity index (χ1v) is 6.50. The molecule has 1 N–H and O–H groups in total. The molecule has 1 aromatic rings. The molecule has 0 aromatic heterocycles. The third-order valence-corrected chi connectivity index (χ3v) is 3.04. The van der Waals surface area contributed by atoms with Gasteiger partial charge in [-0.05, 0) is 37.6 Å². The largest absolute Gasteiger partial charge is 0.494 e. The standard InChI is InChI=1S/C16H17NO3/c1-11-6-3-4-8-15(11)17-16(19)14(12(2)18)10-13-7-5-9-20-13/h3-4,6-8,10H,5,9H2,1-2H3,(H,17,19)/b14-10+. The number of para-hydroxylation sites is 1. The van der Waals surface area contributed by atoms with E-state index in [0.717, 1.165) is 12.0 Å². The molecule has 1 heterocycles. The van der Waals surface area contributed by atoms with Crippen LogP contribution in [0.2, 0.25) is 0 Å². The van der Waals surface area contributed by atoms with E-state index < -0.39 is 5.91 Å². The Bertz CT molecular complexity index is 599. The van der Waals surface area contributed by atoms with Crippen LogP contribution in [0.5, 0.6) is 0 Å². The van der Waals surface area contributed by atoms with Crippen molar-refractivity contribution in [1.82, 2.24) is 0 Å². The van der Waals surface area contributed by atoms with Crippen LogP contribution in [-0.2, 0) is 14.3 Å². The van der Waals surface area contributed by atoms with Crippen molar-refractivity contribution in [3.63, 3.8) is 0 Å². The van der Waals surface area contributed by atoms with Crippen LogP contribution in [0.15, 0.2) is 47.7 Å². The van der Waals surface area contributed by atoms with Crippen LogP contribution in [0.3, 0.4) is 0 Å². The maximum atomic E-state index is 12.2. The number of hydrogen-bond donors (Lipinski definition) is 1. The zero-order valence-corrected chi connectivity index (χ0v) is 11.6. The van der Waals surface area contributed by atoms with E-state index in [2.05, 4.69) is 5.32 Å². The lowest BCUT2D eigenvalue weighted by molar-refractivity contribution is -0.118. The highest BCUT2D eigenvalue weighted by atomic mass is 16.5. The van der Waals surface area contributed by atoms with Crippen molar-refractivity contribution in [2.45, 2.75) is 20.3 Å². The van der Waals surface area contributed by atoms with Crippen LogP contribution in [-0.4, -0.2) is 18.3 Å². The molecule has 104 valence electrons. The van der Waals surface area contributed by atoms with Gasteiger partial charge in [-0.1, -0.05) is 18.2 Å². The molecule has 1 aromatic carbocycles. The molecule has 4 heteroatoms. The molecule has 0 aliphatic carbocycles. The second kappa shape index (κ2) is 6.19. The zero-order chi connectivity index (χ0) is 14.5. The second-order valence-electron chi connectivity index (χ2n) is 4.63. The van der Waals surface area contributed by atoms with Crippen molar-refractivity contribution >= 4 is 17.4 Å². The number of amides is 1. The quantitative estimate of drug-likeness (QED) is 0.520. The number of rotatable bonds is 4. The van der Waals surface area contributed by atoms with E-state index in [1.165, 1.54) is 13.0 Å². The first kappa shape index (κ1) is 14.1. The summed E-state index contributed by atoms with van der Waals surface area (Å²) in [6.07, 6.45) is 4.17. The Morgan fingerprint density at radius 1 is 1.30 bits per heavy atom.